The second-order valence-corrected chi connectivity index (χ2v) is 6.83. The second kappa shape index (κ2) is 7.11. The van der Waals surface area contributed by atoms with Crippen LogP contribution in [0, 0.1) is 18.8 Å². The number of para-hydroxylation sites is 1. The first-order valence-corrected chi connectivity index (χ1v) is 8.55. The highest BCUT2D eigenvalue weighted by Gasteiger charge is 2.33. The van der Waals surface area contributed by atoms with Crippen LogP contribution in [0.2, 0.25) is 0 Å². The average molecular weight is 355 g/mol. The van der Waals surface area contributed by atoms with E-state index in [1.54, 1.807) is 11.6 Å². The number of aryl methyl sites for hydroxylation is 1. The lowest BCUT2D eigenvalue weighted by Crippen LogP contribution is -2.47. The zero-order valence-electron chi connectivity index (χ0n) is 14.8. The van der Waals surface area contributed by atoms with Crippen molar-refractivity contribution in [2.24, 2.45) is 11.8 Å². The maximum atomic E-state index is 12.9. The number of piperidine rings is 1. The van der Waals surface area contributed by atoms with Gasteiger partial charge >= 0.3 is 5.97 Å². The molecule has 2 unspecified atom stereocenters. The number of carbonyl (C=O) groups is 2. The number of carbonyl (C=O) groups excluding carboxylic acids is 1. The minimum atomic E-state index is -0.923. The molecule has 1 aliphatic rings. The fraction of sp³-hybridized carbons (Fsp3) is 0.368. The van der Waals surface area contributed by atoms with E-state index in [0.29, 0.717) is 18.7 Å². The SMILES string of the molecule is Cc1cc(=O)c(C(=O)N2CC(C)CC(C(=O)O)C2)nn1-c1ccccc1. The molecule has 136 valence electrons. The molecule has 2 aromatic rings. The Kier molecular flexibility index (Phi) is 4.88. The molecule has 0 spiro atoms. The van der Waals surface area contributed by atoms with E-state index >= 15 is 0 Å². The summed E-state index contributed by atoms with van der Waals surface area (Å²) in [5, 5.41) is 13.6. The van der Waals surface area contributed by atoms with Gasteiger partial charge in [0, 0.05) is 24.8 Å². The molecule has 0 bridgehead atoms. The first kappa shape index (κ1) is 17.8. The van der Waals surface area contributed by atoms with Crippen LogP contribution in [-0.2, 0) is 4.79 Å². The zero-order chi connectivity index (χ0) is 18.8. The summed E-state index contributed by atoms with van der Waals surface area (Å²) in [7, 11) is 0. The molecule has 1 fully saturated rings. The molecule has 1 saturated heterocycles. The summed E-state index contributed by atoms with van der Waals surface area (Å²) in [6.07, 6.45) is 0.523. The molecule has 0 aliphatic carbocycles. The van der Waals surface area contributed by atoms with E-state index in [1.165, 1.54) is 11.0 Å². The molecule has 0 radical (unpaired) electrons. The highest BCUT2D eigenvalue weighted by molar-refractivity contribution is 5.92. The molecule has 3 rings (SSSR count). The van der Waals surface area contributed by atoms with Crippen molar-refractivity contribution < 1.29 is 14.7 Å². The molecule has 2 atom stereocenters. The Morgan fingerprint density at radius 3 is 2.54 bits per heavy atom. The van der Waals surface area contributed by atoms with Crippen molar-refractivity contribution in [1.82, 2.24) is 14.7 Å². The third-order valence-electron chi connectivity index (χ3n) is 4.61. The Morgan fingerprint density at radius 1 is 1.19 bits per heavy atom. The predicted octanol–water partition coefficient (Wildman–Crippen LogP) is 1.72. The van der Waals surface area contributed by atoms with Crippen LogP contribution >= 0.6 is 0 Å². The van der Waals surface area contributed by atoms with Crippen LogP contribution in [-0.4, -0.2) is 44.8 Å². The van der Waals surface area contributed by atoms with Crippen molar-refractivity contribution in [3.8, 4) is 5.69 Å². The van der Waals surface area contributed by atoms with Crippen molar-refractivity contribution in [2.45, 2.75) is 20.3 Å². The summed E-state index contributed by atoms with van der Waals surface area (Å²) in [4.78, 5) is 38.0. The molecular weight excluding hydrogens is 334 g/mol. The number of benzene rings is 1. The van der Waals surface area contributed by atoms with Crippen LogP contribution in [0.4, 0.5) is 0 Å². The van der Waals surface area contributed by atoms with E-state index in [-0.39, 0.29) is 18.2 Å². The second-order valence-electron chi connectivity index (χ2n) is 6.83. The molecule has 2 heterocycles. The first-order chi connectivity index (χ1) is 12.4. The van der Waals surface area contributed by atoms with Gasteiger partial charge in [-0.15, -0.1) is 0 Å². The maximum absolute atomic E-state index is 12.9. The van der Waals surface area contributed by atoms with E-state index in [4.69, 9.17) is 0 Å². The first-order valence-electron chi connectivity index (χ1n) is 8.55. The lowest BCUT2D eigenvalue weighted by Gasteiger charge is -2.34. The Hall–Kier alpha value is -2.96. The average Bonchev–Trinajstić information content (AvgIpc) is 2.61. The normalized spacial score (nSPS) is 20.0. The van der Waals surface area contributed by atoms with Gasteiger partial charge in [0.15, 0.2) is 5.69 Å². The van der Waals surface area contributed by atoms with E-state index < -0.39 is 23.2 Å². The monoisotopic (exact) mass is 355 g/mol. The van der Waals surface area contributed by atoms with Crippen molar-refractivity contribution >= 4 is 11.9 Å². The quantitative estimate of drug-likeness (QED) is 0.905. The summed E-state index contributed by atoms with van der Waals surface area (Å²) in [6, 6.07) is 10.6. The third kappa shape index (κ3) is 3.51. The third-order valence-corrected chi connectivity index (χ3v) is 4.61. The highest BCUT2D eigenvalue weighted by atomic mass is 16.4. The summed E-state index contributed by atoms with van der Waals surface area (Å²) in [5.74, 6) is -2.01. The minimum Gasteiger partial charge on any atom is -0.481 e. The molecule has 7 heteroatoms. The summed E-state index contributed by atoms with van der Waals surface area (Å²) in [5.41, 5.74) is 0.727. The standard InChI is InChI=1S/C19H21N3O4/c1-12-8-14(19(25)26)11-21(10-12)18(24)17-16(23)9-13(2)22(20-17)15-6-4-3-5-7-15/h3-7,9,12,14H,8,10-11H2,1-2H3,(H,25,26). The van der Waals surface area contributed by atoms with Gasteiger partial charge in [-0.2, -0.15) is 5.10 Å². The largest absolute Gasteiger partial charge is 0.481 e. The van der Waals surface area contributed by atoms with Gasteiger partial charge in [0.05, 0.1) is 11.6 Å². The van der Waals surface area contributed by atoms with Crippen LogP contribution < -0.4 is 5.43 Å². The van der Waals surface area contributed by atoms with Crippen molar-refractivity contribution in [1.29, 1.82) is 0 Å². The molecule has 1 aromatic carbocycles. The fourth-order valence-electron chi connectivity index (χ4n) is 3.37. The lowest BCUT2D eigenvalue weighted by atomic mass is 9.90. The van der Waals surface area contributed by atoms with Gasteiger partial charge in [0.1, 0.15) is 0 Å². The summed E-state index contributed by atoms with van der Waals surface area (Å²) in [6.45, 7) is 4.17. The van der Waals surface area contributed by atoms with Crippen molar-refractivity contribution in [3.05, 3.63) is 58.0 Å². The van der Waals surface area contributed by atoms with E-state index in [0.717, 1.165) is 5.69 Å². The van der Waals surface area contributed by atoms with E-state index in [9.17, 15) is 19.5 Å². The smallest absolute Gasteiger partial charge is 0.308 e. The number of nitrogens with zero attached hydrogens (tertiary/aromatic N) is 3. The number of carboxylic acid groups (broad SMARTS) is 1. The Balaban J connectivity index is 1.97. The zero-order valence-corrected chi connectivity index (χ0v) is 14.8. The van der Waals surface area contributed by atoms with Gasteiger partial charge in [0.2, 0.25) is 5.43 Å². The van der Waals surface area contributed by atoms with Gasteiger partial charge in [-0.1, -0.05) is 25.1 Å². The number of hydrogen-bond donors (Lipinski definition) is 1. The molecule has 0 saturated carbocycles. The van der Waals surface area contributed by atoms with Crippen LogP contribution in [0.1, 0.15) is 29.5 Å². The van der Waals surface area contributed by atoms with E-state index in [2.05, 4.69) is 5.10 Å². The molecule has 7 nitrogen and oxygen atoms in total. The Bertz CT molecular complexity index is 891. The van der Waals surface area contributed by atoms with Gasteiger partial charge < -0.3 is 10.0 Å². The number of likely N-dealkylation sites (tertiary alicyclic amines) is 1. The van der Waals surface area contributed by atoms with E-state index in [1.807, 2.05) is 37.3 Å². The molecule has 1 N–H and O–H groups in total. The number of aliphatic carboxylic acids is 1. The topological polar surface area (TPSA) is 92.5 Å². The van der Waals surface area contributed by atoms with Gasteiger partial charge in [0.25, 0.3) is 5.91 Å². The Morgan fingerprint density at radius 2 is 1.88 bits per heavy atom. The van der Waals surface area contributed by atoms with Crippen molar-refractivity contribution in [3.63, 3.8) is 0 Å². The molecular formula is C19H21N3O4. The Labute approximate surface area is 150 Å². The van der Waals surface area contributed by atoms with Crippen LogP contribution in [0.15, 0.2) is 41.2 Å². The lowest BCUT2D eigenvalue weighted by molar-refractivity contribution is -0.143. The summed E-state index contributed by atoms with van der Waals surface area (Å²) < 4.78 is 1.55. The van der Waals surface area contributed by atoms with Crippen LogP contribution in [0.25, 0.3) is 5.69 Å². The number of carboxylic acids is 1. The molecule has 1 aliphatic heterocycles. The fourth-order valence-corrected chi connectivity index (χ4v) is 3.37. The van der Waals surface area contributed by atoms with Gasteiger partial charge in [-0.05, 0) is 31.4 Å². The van der Waals surface area contributed by atoms with Gasteiger partial charge in [-0.25, -0.2) is 4.68 Å². The number of amides is 1. The predicted molar refractivity (Wildman–Crippen MR) is 95.4 cm³/mol. The highest BCUT2D eigenvalue weighted by Crippen LogP contribution is 2.22. The maximum Gasteiger partial charge on any atom is 0.308 e. The van der Waals surface area contributed by atoms with Crippen LogP contribution in [0.3, 0.4) is 0 Å². The number of aromatic nitrogens is 2. The van der Waals surface area contributed by atoms with Crippen molar-refractivity contribution in [2.75, 3.05) is 13.1 Å². The molecule has 1 amide bonds. The summed E-state index contributed by atoms with van der Waals surface area (Å²) >= 11 is 0. The van der Waals surface area contributed by atoms with Gasteiger partial charge in [-0.3, -0.25) is 14.4 Å². The molecule has 1 aromatic heterocycles. The number of rotatable bonds is 3. The van der Waals surface area contributed by atoms with Crippen LogP contribution in [0.5, 0.6) is 0 Å². The minimum absolute atomic E-state index is 0.0515. The molecule has 26 heavy (non-hydrogen) atoms. The number of hydrogen-bond acceptors (Lipinski definition) is 4.